The number of amides is 1. The zero-order valence-corrected chi connectivity index (χ0v) is 15.9. The number of pyridine rings is 1. The summed E-state index contributed by atoms with van der Waals surface area (Å²) >= 11 is 0. The minimum atomic E-state index is 0.0865. The fourth-order valence-corrected chi connectivity index (χ4v) is 3.99. The summed E-state index contributed by atoms with van der Waals surface area (Å²) in [5.41, 5.74) is 2.64. The molecule has 29 heavy (non-hydrogen) atoms. The lowest BCUT2D eigenvalue weighted by Crippen LogP contribution is -2.40. The van der Waals surface area contributed by atoms with Gasteiger partial charge in [-0.05, 0) is 55.2 Å². The molecule has 0 spiro atoms. The third-order valence-corrected chi connectivity index (χ3v) is 5.47. The number of hydrogen-bond acceptors (Lipinski definition) is 5. The number of H-pyrrole nitrogens is 1. The fourth-order valence-electron chi connectivity index (χ4n) is 3.99. The molecule has 3 aromatic heterocycles. The molecule has 1 unspecified atom stereocenters. The molecule has 7 nitrogen and oxygen atoms in total. The monoisotopic (exact) mass is 387 g/mol. The van der Waals surface area contributed by atoms with Gasteiger partial charge in [0.25, 0.3) is 11.8 Å². The molecule has 1 fully saturated rings. The van der Waals surface area contributed by atoms with Crippen molar-refractivity contribution >= 4 is 16.8 Å². The van der Waals surface area contributed by atoms with Crippen molar-refractivity contribution in [2.75, 3.05) is 13.1 Å². The minimum absolute atomic E-state index is 0.0865. The van der Waals surface area contributed by atoms with Gasteiger partial charge < -0.3 is 14.4 Å². The van der Waals surface area contributed by atoms with Crippen LogP contribution in [0, 0.1) is 5.92 Å². The van der Waals surface area contributed by atoms with Crippen LogP contribution in [0.3, 0.4) is 0 Å². The quantitative estimate of drug-likeness (QED) is 0.577. The van der Waals surface area contributed by atoms with E-state index in [1.807, 2.05) is 47.5 Å². The number of piperidine rings is 1. The second kappa shape index (κ2) is 7.50. The highest BCUT2D eigenvalue weighted by Crippen LogP contribution is 2.24. The molecule has 1 aliphatic rings. The SMILES string of the molecule is O=C(c1ccc2[nH]ccc2c1)N1CCCC(Cc2noc(-c3ccncc3)n2)C1. The van der Waals surface area contributed by atoms with Crippen molar-refractivity contribution in [3.8, 4) is 11.5 Å². The van der Waals surface area contributed by atoms with E-state index in [-0.39, 0.29) is 5.91 Å². The highest BCUT2D eigenvalue weighted by Gasteiger charge is 2.26. The van der Waals surface area contributed by atoms with Crippen molar-refractivity contribution in [2.24, 2.45) is 5.92 Å². The number of rotatable bonds is 4. The van der Waals surface area contributed by atoms with Gasteiger partial charge in [0.05, 0.1) is 0 Å². The van der Waals surface area contributed by atoms with Gasteiger partial charge in [-0.3, -0.25) is 9.78 Å². The zero-order chi connectivity index (χ0) is 19.6. The number of fused-ring (bicyclic) bond motifs is 1. The molecular formula is C22H21N5O2. The van der Waals surface area contributed by atoms with Gasteiger partial charge in [0.1, 0.15) is 0 Å². The lowest BCUT2D eigenvalue weighted by Gasteiger charge is -2.32. The molecule has 1 saturated heterocycles. The van der Waals surface area contributed by atoms with E-state index in [2.05, 4.69) is 20.1 Å². The highest BCUT2D eigenvalue weighted by atomic mass is 16.5. The summed E-state index contributed by atoms with van der Waals surface area (Å²) in [6.45, 7) is 1.50. The summed E-state index contributed by atoms with van der Waals surface area (Å²) in [5.74, 6) is 1.60. The number of carbonyl (C=O) groups is 1. The third kappa shape index (κ3) is 3.63. The molecule has 1 atom stereocenters. The average Bonchev–Trinajstić information content (AvgIpc) is 3.43. The minimum Gasteiger partial charge on any atom is -0.361 e. The Kier molecular flexibility index (Phi) is 4.56. The third-order valence-electron chi connectivity index (χ3n) is 5.47. The first-order valence-electron chi connectivity index (χ1n) is 9.86. The van der Waals surface area contributed by atoms with Crippen molar-refractivity contribution in [1.29, 1.82) is 0 Å². The van der Waals surface area contributed by atoms with E-state index >= 15 is 0 Å². The number of hydrogen-bond donors (Lipinski definition) is 1. The van der Waals surface area contributed by atoms with Gasteiger partial charge >= 0.3 is 0 Å². The molecule has 0 saturated carbocycles. The van der Waals surface area contributed by atoms with Gasteiger partial charge in [-0.1, -0.05) is 5.16 Å². The maximum atomic E-state index is 13.0. The Morgan fingerprint density at radius 3 is 3.00 bits per heavy atom. The number of carbonyl (C=O) groups excluding carboxylic acids is 1. The van der Waals surface area contributed by atoms with Crippen LogP contribution in [-0.4, -0.2) is 44.0 Å². The van der Waals surface area contributed by atoms with E-state index < -0.39 is 0 Å². The number of benzene rings is 1. The average molecular weight is 387 g/mol. The first-order valence-corrected chi connectivity index (χ1v) is 9.86. The molecule has 4 aromatic rings. The zero-order valence-electron chi connectivity index (χ0n) is 15.9. The summed E-state index contributed by atoms with van der Waals surface area (Å²) < 4.78 is 5.40. The Balaban J connectivity index is 1.27. The van der Waals surface area contributed by atoms with E-state index in [1.54, 1.807) is 12.4 Å². The summed E-state index contributed by atoms with van der Waals surface area (Å²) in [5, 5.41) is 5.18. The number of nitrogens with zero attached hydrogens (tertiary/aromatic N) is 4. The Morgan fingerprint density at radius 2 is 2.10 bits per heavy atom. The Bertz CT molecular complexity index is 1130. The molecule has 1 N–H and O–H groups in total. The summed E-state index contributed by atoms with van der Waals surface area (Å²) in [6, 6.07) is 11.5. The van der Waals surface area contributed by atoms with Crippen LogP contribution in [0.1, 0.15) is 29.0 Å². The topological polar surface area (TPSA) is 87.9 Å². The number of aromatic nitrogens is 4. The van der Waals surface area contributed by atoms with E-state index in [0.29, 0.717) is 30.6 Å². The predicted molar refractivity (Wildman–Crippen MR) is 108 cm³/mol. The van der Waals surface area contributed by atoms with Crippen LogP contribution >= 0.6 is 0 Å². The van der Waals surface area contributed by atoms with Crippen molar-refractivity contribution < 1.29 is 9.32 Å². The number of likely N-dealkylation sites (tertiary alicyclic amines) is 1. The van der Waals surface area contributed by atoms with Gasteiger partial charge in [0.15, 0.2) is 5.82 Å². The van der Waals surface area contributed by atoms with Crippen LogP contribution in [0.5, 0.6) is 0 Å². The lowest BCUT2D eigenvalue weighted by atomic mass is 9.94. The molecule has 146 valence electrons. The largest absolute Gasteiger partial charge is 0.361 e. The molecule has 1 amide bonds. The van der Waals surface area contributed by atoms with Crippen molar-refractivity contribution in [2.45, 2.75) is 19.3 Å². The van der Waals surface area contributed by atoms with Crippen LogP contribution in [-0.2, 0) is 6.42 Å². The summed E-state index contributed by atoms with van der Waals surface area (Å²) in [7, 11) is 0. The molecule has 4 heterocycles. The predicted octanol–water partition coefficient (Wildman–Crippen LogP) is 3.71. The molecule has 1 aromatic carbocycles. The summed E-state index contributed by atoms with van der Waals surface area (Å²) in [6.07, 6.45) is 8.04. The standard InChI is InChI=1S/C22H21N5O2/c28-22(18-3-4-19-17(13-18)7-10-24-19)27-11-1-2-15(14-27)12-20-25-21(29-26-20)16-5-8-23-9-6-16/h3-10,13,15,24H,1-2,11-12,14H2. The van der Waals surface area contributed by atoms with E-state index in [1.165, 1.54) is 0 Å². The first kappa shape index (κ1) is 17.6. The molecule has 5 rings (SSSR count). The van der Waals surface area contributed by atoms with Gasteiger partial charge in [0.2, 0.25) is 0 Å². The fraction of sp³-hybridized carbons (Fsp3) is 0.273. The van der Waals surface area contributed by atoms with Crippen LogP contribution < -0.4 is 0 Å². The van der Waals surface area contributed by atoms with Crippen molar-refractivity contribution in [3.05, 3.63) is 66.4 Å². The van der Waals surface area contributed by atoms with Crippen LogP contribution in [0.25, 0.3) is 22.4 Å². The van der Waals surface area contributed by atoms with E-state index in [0.717, 1.165) is 41.4 Å². The Morgan fingerprint density at radius 1 is 1.21 bits per heavy atom. The Labute approximate surface area is 167 Å². The maximum absolute atomic E-state index is 13.0. The summed E-state index contributed by atoms with van der Waals surface area (Å²) in [4.78, 5) is 26.6. The molecule has 0 radical (unpaired) electrons. The van der Waals surface area contributed by atoms with Crippen LogP contribution in [0.4, 0.5) is 0 Å². The normalized spacial score (nSPS) is 17.0. The van der Waals surface area contributed by atoms with E-state index in [4.69, 9.17) is 4.52 Å². The first-order chi connectivity index (χ1) is 14.3. The number of aromatic amines is 1. The van der Waals surface area contributed by atoms with Crippen LogP contribution in [0.15, 0.2) is 59.5 Å². The molecular weight excluding hydrogens is 366 g/mol. The lowest BCUT2D eigenvalue weighted by molar-refractivity contribution is 0.0672. The second-order valence-electron chi connectivity index (χ2n) is 7.49. The number of nitrogens with one attached hydrogen (secondary N) is 1. The molecule has 1 aliphatic heterocycles. The van der Waals surface area contributed by atoms with Crippen molar-refractivity contribution in [1.82, 2.24) is 25.0 Å². The van der Waals surface area contributed by atoms with Crippen LogP contribution in [0.2, 0.25) is 0 Å². The Hall–Kier alpha value is -3.48. The van der Waals surface area contributed by atoms with Crippen molar-refractivity contribution in [3.63, 3.8) is 0 Å². The maximum Gasteiger partial charge on any atom is 0.258 e. The van der Waals surface area contributed by atoms with Gasteiger partial charge in [-0.2, -0.15) is 4.98 Å². The van der Waals surface area contributed by atoms with Gasteiger partial charge in [-0.15, -0.1) is 0 Å². The second-order valence-corrected chi connectivity index (χ2v) is 7.49. The van der Waals surface area contributed by atoms with Gasteiger partial charge in [0, 0.05) is 60.1 Å². The highest BCUT2D eigenvalue weighted by molar-refractivity contribution is 5.98. The van der Waals surface area contributed by atoms with E-state index in [9.17, 15) is 4.79 Å². The molecule has 7 heteroatoms. The van der Waals surface area contributed by atoms with Gasteiger partial charge in [-0.25, -0.2) is 0 Å². The molecule has 0 aliphatic carbocycles. The molecule has 0 bridgehead atoms. The smallest absolute Gasteiger partial charge is 0.258 e.